The first-order chi connectivity index (χ1) is 14.2. The Bertz CT molecular complexity index is 1190. The van der Waals surface area contributed by atoms with Crippen LogP contribution in [0.4, 0.5) is 20.3 Å². The molecule has 2 aromatic carbocycles. The zero-order chi connectivity index (χ0) is 21.9. The number of hydrogen-bond donors (Lipinski definition) is 2. The van der Waals surface area contributed by atoms with Crippen LogP contribution in [0.3, 0.4) is 0 Å². The minimum atomic E-state index is -3.43. The van der Waals surface area contributed by atoms with Crippen LogP contribution < -0.4 is 15.2 Å². The van der Waals surface area contributed by atoms with Crippen LogP contribution in [0, 0.1) is 11.6 Å². The van der Waals surface area contributed by atoms with E-state index in [9.17, 15) is 17.2 Å². The molecule has 3 N–H and O–H groups in total. The molecule has 0 bridgehead atoms. The summed E-state index contributed by atoms with van der Waals surface area (Å²) < 4.78 is 59.1. The zero-order valence-corrected chi connectivity index (χ0v) is 17.4. The summed E-state index contributed by atoms with van der Waals surface area (Å²) in [6.45, 7) is 1.18. The summed E-state index contributed by atoms with van der Waals surface area (Å²) in [6.07, 6.45) is 1.49. The van der Waals surface area contributed by atoms with Gasteiger partial charge in [0.2, 0.25) is 10.0 Å². The number of nitrogens with one attached hydrogen (secondary N) is 1. The van der Waals surface area contributed by atoms with Gasteiger partial charge in [-0.1, -0.05) is 23.7 Å². The summed E-state index contributed by atoms with van der Waals surface area (Å²) in [5, 5.41) is -0.367. The van der Waals surface area contributed by atoms with Crippen molar-refractivity contribution >= 4 is 33.1 Å². The van der Waals surface area contributed by atoms with E-state index >= 15 is 0 Å². The smallest absolute Gasteiger partial charge is 0.232 e. The van der Waals surface area contributed by atoms with Crippen LogP contribution in [0.25, 0.3) is 11.1 Å². The lowest BCUT2D eigenvalue weighted by atomic mass is 10.1. The Labute approximate surface area is 177 Å². The van der Waals surface area contributed by atoms with Crippen molar-refractivity contribution in [2.45, 2.75) is 13.5 Å². The lowest BCUT2D eigenvalue weighted by molar-refractivity contribution is 0.300. The van der Waals surface area contributed by atoms with E-state index in [1.54, 1.807) is 30.3 Å². The summed E-state index contributed by atoms with van der Waals surface area (Å²) in [5.41, 5.74) is 7.33. The number of rotatable bonds is 7. The molecule has 158 valence electrons. The zero-order valence-electron chi connectivity index (χ0n) is 15.8. The van der Waals surface area contributed by atoms with Gasteiger partial charge in [0.1, 0.15) is 18.2 Å². The van der Waals surface area contributed by atoms with Gasteiger partial charge in [-0.15, -0.1) is 0 Å². The van der Waals surface area contributed by atoms with Crippen molar-refractivity contribution in [2.24, 2.45) is 0 Å². The highest BCUT2D eigenvalue weighted by molar-refractivity contribution is 7.92. The van der Waals surface area contributed by atoms with E-state index in [0.29, 0.717) is 16.8 Å². The van der Waals surface area contributed by atoms with Gasteiger partial charge in [0.05, 0.1) is 10.8 Å². The van der Waals surface area contributed by atoms with Gasteiger partial charge in [0.15, 0.2) is 11.6 Å². The Balaban J connectivity index is 1.87. The molecule has 3 rings (SSSR count). The van der Waals surface area contributed by atoms with Gasteiger partial charge >= 0.3 is 0 Å². The fourth-order valence-electron chi connectivity index (χ4n) is 2.59. The van der Waals surface area contributed by atoms with E-state index in [-0.39, 0.29) is 34.5 Å². The molecule has 30 heavy (non-hydrogen) atoms. The number of nitrogen functional groups attached to an aromatic ring is 1. The molecular formula is C20H18ClF2N3O3S. The van der Waals surface area contributed by atoms with Gasteiger partial charge < -0.3 is 10.5 Å². The van der Waals surface area contributed by atoms with Gasteiger partial charge in [-0.25, -0.2) is 22.2 Å². The molecule has 3 aromatic rings. The second kappa shape index (κ2) is 8.85. The molecule has 1 heterocycles. The van der Waals surface area contributed by atoms with E-state index < -0.39 is 21.7 Å². The third-order valence-electron chi connectivity index (χ3n) is 4.24. The van der Waals surface area contributed by atoms with Crippen molar-refractivity contribution in [3.63, 3.8) is 0 Å². The van der Waals surface area contributed by atoms with Crippen LogP contribution in [0.1, 0.15) is 12.5 Å². The largest absolute Gasteiger partial charge is 0.485 e. The molecule has 0 fully saturated rings. The highest BCUT2D eigenvalue weighted by Crippen LogP contribution is 2.30. The number of aromatic nitrogens is 1. The average Bonchev–Trinajstić information content (AvgIpc) is 2.72. The molecule has 0 saturated heterocycles. The van der Waals surface area contributed by atoms with Gasteiger partial charge in [0, 0.05) is 23.0 Å². The maximum Gasteiger partial charge on any atom is 0.232 e. The lowest BCUT2D eigenvalue weighted by Crippen LogP contribution is -2.14. The van der Waals surface area contributed by atoms with Gasteiger partial charge in [-0.05, 0) is 42.8 Å². The van der Waals surface area contributed by atoms with Crippen LogP contribution in [-0.4, -0.2) is 19.2 Å². The van der Waals surface area contributed by atoms with Crippen LogP contribution in [0.2, 0.25) is 5.02 Å². The summed E-state index contributed by atoms with van der Waals surface area (Å²) in [7, 11) is -3.43. The molecule has 0 saturated carbocycles. The maximum atomic E-state index is 14.0. The topological polar surface area (TPSA) is 94.3 Å². The Hall–Kier alpha value is -2.91. The Kier molecular flexibility index (Phi) is 6.42. The first-order valence-electron chi connectivity index (χ1n) is 8.82. The number of sulfonamides is 1. The third-order valence-corrected chi connectivity index (χ3v) is 5.96. The normalized spacial score (nSPS) is 11.3. The van der Waals surface area contributed by atoms with Gasteiger partial charge in [-0.3, -0.25) is 4.72 Å². The van der Waals surface area contributed by atoms with Crippen LogP contribution >= 0.6 is 11.6 Å². The second-order valence-corrected chi connectivity index (χ2v) is 8.69. The number of hydrogen-bond acceptors (Lipinski definition) is 5. The molecule has 0 atom stereocenters. The SMILES string of the molecule is CCS(=O)(=O)Nc1cccc(-c2cnc(N)c(OCc3c(F)ccc(F)c3Cl)c2)c1. The molecule has 1 aromatic heterocycles. The first-order valence-corrected chi connectivity index (χ1v) is 10.8. The third kappa shape index (κ3) is 4.98. The number of halogens is 3. The van der Waals surface area contributed by atoms with E-state index in [4.69, 9.17) is 22.1 Å². The first kappa shape index (κ1) is 21.8. The second-order valence-electron chi connectivity index (χ2n) is 6.30. The van der Waals surface area contributed by atoms with E-state index in [0.717, 1.165) is 12.1 Å². The van der Waals surface area contributed by atoms with Crippen molar-refractivity contribution in [2.75, 3.05) is 16.2 Å². The number of pyridine rings is 1. The minimum Gasteiger partial charge on any atom is -0.485 e. The predicted molar refractivity (Wildman–Crippen MR) is 113 cm³/mol. The fourth-order valence-corrected chi connectivity index (χ4v) is 3.43. The Morgan fingerprint density at radius 2 is 1.87 bits per heavy atom. The van der Waals surface area contributed by atoms with E-state index in [1.807, 2.05) is 0 Å². The minimum absolute atomic E-state index is 0.0505. The molecule has 6 nitrogen and oxygen atoms in total. The van der Waals surface area contributed by atoms with Crippen LogP contribution in [-0.2, 0) is 16.6 Å². The summed E-state index contributed by atoms with van der Waals surface area (Å²) in [5.74, 6) is -1.33. The van der Waals surface area contributed by atoms with Gasteiger partial charge in [0.25, 0.3) is 0 Å². The van der Waals surface area contributed by atoms with Crippen LogP contribution in [0.15, 0.2) is 48.7 Å². The monoisotopic (exact) mass is 453 g/mol. The summed E-state index contributed by atoms with van der Waals surface area (Å²) in [4.78, 5) is 4.06. The van der Waals surface area contributed by atoms with Crippen molar-refractivity contribution in [1.29, 1.82) is 0 Å². The summed E-state index contributed by atoms with van der Waals surface area (Å²) >= 11 is 5.82. The van der Waals surface area contributed by atoms with Crippen molar-refractivity contribution in [3.8, 4) is 16.9 Å². The Morgan fingerprint density at radius 1 is 1.13 bits per heavy atom. The highest BCUT2D eigenvalue weighted by atomic mass is 35.5. The Morgan fingerprint density at radius 3 is 2.60 bits per heavy atom. The molecule has 0 aliphatic rings. The standard InChI is InChI=1S/C20H18ClF2N3O3S/c1-2-30(27,28)26-14-5-3-4-12(8-14)13-9-18(20(24)25-10-13)29-11-15-16(22)6-7-17(23)19(15)21/h3-10,26H,2,11H2,1H3,(H2,24,25). The quantitative estimate of drug-likeness (QED) is 0.510. The van der Waals surface area contributed by atoms with E-state index in [2.05, 4.69) is 9.71 Å². The van der Waals surface area contributed by atoms with Crippen molar-refractivity contribution < 1.29 is 21.9 Å². The molecule has 10 heteroatoms. The maximum absolute atomic E-state index is 14.0. The van der Waals surface area contributed by atoms with Gasteiger partial charge in [-0.2, -0.15) is 0 Å². The molecule has 0 radical (unpaired) electrons. The fraction of sp³-hybridized carbons (Fsp3) is 0.150. The molecule has 0 aliphatic carbocycles. The van der Waals surface area contributed by atoms with Crippen molar-refractivity contribution in [1.82, 2.24) is 4.98 Å². The predicted octanol–water partition coefficient (Wildman–Crippen LogP) is 4.60. The number of nitrogens with zero attached hydrogens (tertiary/aromatic N) is 1. The highest BCUT2D eigenvalue weighted by Gasteiger charge is 2.15. The van der Waals surface area contributed by atoms with E-state index in [1.165, 1.54) is 13.1 Å². The van der Waals surface area contributed by atoms with Crippen molar-refractivity contribution in [3.05, 3.63) is 70.9 Å². The number of ether oxygens (including phenoxy) is 1. The molecule has 0 unspecified atom stereocenters. The number of anilines is 2. The molecule has 0 aliphatic heterocycles. The summed E-state index contributed by atoms with van der Waals surface area (Å²) in [6, 6.07) is 10.1. The van der Waals surface area contributed by atoms with Crippen LogP contribution in [0.5, 0.6) is 5.75 Å². The lowest BCUT2D eigenvalue weighted by Gasteiger charge is -2.13. The molecule has 0 spiro atoms. The number of nitrogens with two attached hydrogens (primary N) is 1. The molecule has 0 amide bonds. The number of benzene rings is 2. The average molecular weight is 454 g/mol. The molecular weight excluding hydrogens is 436 g/mol.